The van der Waals surface area contributed by atoms with Gasteiger partial charge in [-0.25, -0.2) is 0 Å². The van der Waals surface area contributed by atoms with E-state index in [0.717, 1.165) is 10.4 Å². The van der Waals surface area contributed by atoms with Crippen LogP contribution in [0.4, 0.5) is 0 Å². The molecule has 0 saturated heterocycles. The maximum Gasteiger partial charge on any atom is 0.0912 e. The van der Waals surface area contributed by atoms with Crippen LogP contribution in [0.25, 0.3) is 6.08 Å². The Morgan fingerprint density at radius 3 is 3.18 bits per heavy atom. The Balaban J connectivity index is 2.86. The molecular formula is C8H7NOS. The van der Waals surface area contributed by atoms with Crippen LogP contribution in [0.15, 0.2) is 17.5 Å². The van der Waals surface area contributed by atoms with E-state index in [1.165, 1.54) is 17.4 Å². The molecular weight excluding hydrogens is 158 g/mol. The van der Waals surface area contributed by atoms with E-state index >= 15 is 0 Å². The summed E-state index contributed by atoms with van der Waals surface area (Å²) >= 11 is 1.49. The molecule has 1 rings (SSSR count). The molecule has 2 nitrogen and oxygen atoms in total. The van der Waals surface area contributed by atoms with Gasteiger partial charge in [-0.1, -0.05) is 0 Å². The number of rotatable bonds is 2. The van der Waals surface area contributed by atoms with Crippen LogP contribution in [0.2, 0.25) is 0 Å². The topological polar surface area (TPSA) is 44.0 Å². The smallest absolute Gasteiger partial charge is 0.0912 e. The van der Waals surface area contributed by atoms with E-state index in [9.17, 15) is 0 Å². The second-order valence-corrected chi connectivity index (χ2v) is 2.92. The molecule has 3 heteroatoms. The second-order valence-electron chi connectivity index (χ2n) is 1.92. The molecule has 0 atom stereocenters. The summed E-state index contributed by atoms with van der Waals surface area (Å²) in [5.41, 5.74) is 0.930. The molecule has 1 aromatic rings. The van der Waals surface area contributed by atoms with E-state index in [1.54, 1.807) is 6.08 Å². The fourth-order valence-electron chi connectivity index (χ4n) is 0.755. The van der Waals surface area contributed by atoms with Gasteiger partial charge in [-0.3, -0.25) is 0 Å². The highest BCUT2D eigenvalue weighted by Gasteiger charge is 1.97. The van der Waals surface area contributed by atoms with Gasteiger partial charge in [-0.2, -0.15) is 5.26 Å². The van der Waals surface area contributed by atoms with Crippen molar-refractivity contribution in [3.05, 3.63) is 28.0 Å². The van der Waals surface area contributed by atoms with E-state index < -0.39 is 0 Å². The maximum absolute atomic E-state index is 8.80. The van der Waals surface area contributed by atoms with E-state index in [-0.39, 0.29) is 6.61 Å². The quantitative estimate of drug-likeness (QED) is 0.679. The summed E-state index contributed by atoms with van der Waals surface area (Å²) in [6.07, 6.45) is 3.10. The monoisotopic (exact) mass is 165 g/mol. The molecule has 1 heterocycles. The molecule has 0 spiro atoms. The average molecular weight is 165 g/mol. The van der Waals surface area contributed by atoms with Crippen molar-refractivity contribution in [3.8, 4) is 6.07 Å². The minimum Gasteiger partial charge on any atom is -0.391 e. The van der Waals surface area contributed by atoms with Crippen LogP contribution in [0.1, 0.15) is 10.4 Å². The van der Waals surface area contributed by atoms with Crippen LogP contribution in [0.5, 0.6) is 0 Å². The summed E-state index contributed by atoms with van der Waals surface area (Å²) in [5.74, 6) is 0. The number of nitriles is 1. The minimum absolute atomic E-state index is 0.0444. The first-order chi connectivity index (χ1) is 5.38. The van der Waals surface area contributed by atoms with Gasteiger partial charge in [-0.15, -0.1) is 11.3 Å². The fourth-order valence-corrected chi connectivity index (χ4v) is 1.48. The van der Waals surface area contributed by atoms with Crippen molar-refractivity contribution in [2.75, 3.05) is 0 Å². The summed E-state index contributed by atoms with van der Waals surface area (Å²) in [4.78, 5) is 0.900. The molecule has 1 N–H and O–H groups in total. The summed E-state index contributed by atoms with van der Waals surface area (Å²) in [6.45, 7) is 0.0444. The first kappa shape index (κ1) is 7.99. The Morgan fingerprint density at radius 2 is 2.55 bits per heavy atom. The van der Waals surface area contributed by atoms with Gasteiger partial charge >= 0.3 is 0 Å². The first-order valence-electron chi connectivity index (χ1n) is 3.12. The van der Waals surface area contributed by atoms with Gasteiger partial charge in [0.05, 0.1) is 12.7 Å². The number of allylic oxidation sites excluding steroid dienone is 1. The van der Waals surface area contributed by atoms with Crippen LogP contribution in [0, 0.1) is 11.3 Å². The van der Waals surface area contributed by atoms with Crippen LogP contribution >= 0.6 is 11.3 Å². The fraction of sp³-hybridized carbons (Fsp3) is 0.125. The maximum atomic E-state index is 8.80. The third-order valence-corrected chi connectivity index (χ3v) is 2.18. The first-order valence-corrected chi connectivity index (χ1v) is 4.00. The Labute approximate surface area is 69.0 Å². The molecule has 11 heavy (non-hydrogen) atoms. The summed E-state index contributed by atoms with van der Waals surface area (Å²) in [5, 5.41) is 18.9. The van der Waals surface area contributed by atoms with Crippen LogP contribution in [-0.4, -0.2) is 5.11 Å². The number of hydrogen-bond donors (Lipinski definition) is 1. The molecule has 0 aliphatic heterocycles. The molecule has 0 bridgehead atoms. The van der Waals surface area contributed by atoms with Gasteiger partial charge in [0.15, 0.2) is 0 Å². The largest absolute Gasteiger partial charge is 0.391 e. The predicted octanol–water partition coefficient (Wildman–Crippen LogP) is 1.78. The molecule has 0 unspecified atom stereocenters. The van der Waals surface area contributed by atoms with Crippen molar-refractivity contribution in [1.82, 2.24) is 0 Å². The number of thiophene rings is 1. The molecule has 0 aromatic carbocycles. The zero-order valence-corrected chi connectivity index (χ0v) is 6.64. The van der Waals surface area contributed by atoms with Gasteiger partial charge in [0.25, 0.3) is 0 Å². The number of hydrogen-bond acceptors (Lipinski definition) is 3. The van der Waals surface area contributed by atoms with Crippen molar-refractivity contribution >= 4 is 17.4 Å². The highest BCUT2D eigenvalue weighted by Crippen LogP contribution is 2.17. The van der Waals surface area contributed by atoms with Crippen LogP contribution in [0.3, 0.4) is 0 Å². The van der Waals surface area contributed by atoms with Crippen molar-refractivity contribution in [1.29, 1.82) is 5.26 Å². The lowest BCUT2D eigenvalue weighted by molar-refractivity contribution is 0.285. The van der Waals surface area contributed by atoms with E-state index in [4.69, 9.17) is 10.4 Å². The molecule has 1 aromatic heterocycles. The lowest BCUT2D eigenvalue weighted by atomic mass is 10.2. The zero-order valence-electron chi connectivity index (χ0n) is 5.82. The van der Waals surface area contributed by atoms with Gasteiger partial charge in [0, 0.05) is 11.0 Å². The highest BCUT2D eigenvalue weighted by atomic mass is 32.1. The molecule has 0 saturated carbocycles. The lowest BCUT2D eigenvalue weighted by Gasteiger charge is -1.89. The zero-order chi connectivity index (χ0) is 8.10. The summed E-state index contributed by atoms with van der Waals surface area (Å²) in [7, 11) is 0. The van der Waals surface area contributed by atoms with Gasteiger partial charge < -0.3 is 5.11 Å². The second kappa shape index (κ2) is 3.91. The normalized spacial score (nSPS) is 10.2. The third kappa shape index (κ3) is 1.90. The molecule has 0 radical (unpaired) electrons. The van der Waals surface area contributed by atoms with E-state index in [1.807, 2.05) is 17.5 Å². The SMILES string of the molecule is N#CC=Cc1ccsc1CO. The van der Waals surface area contributed by atoms with Gasteiger partial charge in [0.1, 0.15) is 0 Å². The summed E-state index contributed by atoms with van der Waals surface area (Å²) < 4.78 is 0. The predicted molar refractivity (Wildman–Crippen MR) is 44.9 cm³/mol. The van der Waals surface area contributed by atoms with Gasteiger partial charge in [-0.05, 0) is 23.1 Å². The molecule has 0 amide bonds. The van der Waals surface area contributed by atoms with Crippen molar-refractivity contribution in [2.24, 2.45) is 0 Å². The standard InChI is InChI=1S/C8H7NOS/c9-4-1-2-7-3-5-11-8(7)6-10/h1-3,5,10H,6H2. The van der Waals surface area contributed by atoms with Crippen molar-refractivity contribution in [3.63, 3.8) is 0 Å². The number of aliphatic hydroxyl groups excluding tert-OH is 1. The van der Waals surface area contributed by atoms with Gasteiger partial charge in [0.2, 0.25) is 0 Å². The molecule has 0 aliphatic rings. The molecule has 0 fully saturated rings. The molecule has 56 valence electrons. The minimum atomic E-state index is 0.0444. The van der Waals surface area contributed by atoms with Crippen molar-refractivity contribution < 1.29 is 5.11 Å². The molecule has 0 aliphatic carbocycles. The Hall–Kier alpha value is -1.11. The highest BCUT2D eigenvalue weighted by molar-refractivity contribution is 7.10. The Morgan fingerprint density at radius 1 is 1.73 bits per heavy atom. The Kier molecular flexibility index (Phi) is 2.84. The average Bonchev–Trinajstić information content (AvgIpc) is 2.47. The lowest BCUT2D eigenvalue weighted by Crippen LogP contribution is -1.78. The van der Waals surface area contributed by atoms with Crippen LogP contribution < -0.4 is 0 Å². The van der Waals surface area contributed by atoms with Crippen molar-refractivity contribution in [2.45, 2.75) is 6.61 Å². The number of aliphatic hydroxyl groups is 1. The third-order valence-electron chi connectivity index (χ3n) is 1.26. The summed E-state index contributed by atoms with van der Waals surface area (Å²) in [6, 6.07) is 3.78. The van der Waals surface area contributed by atoms with E-state index in [2.05, 4.69) is 0 Å². The Bertz CT molecular complexity index is 295. The van der Waals surface area contributed by atoms with E-state index in [0.29, 0.717) is 0 Å². The van der Waals surface area contributed by atoms with Crippen LogP contribution in [-0.2, 0) is 6.61 Å². The number of nitrogens with zero attached hydrogens (tertiary/aromatic N) is 1.